The van der Waals surface area contributed by atoms with Crippen LogP contribution in [-0.4, -0.2) is 22.4 Å². The van der Waals surface area contributed by atoms with E-state index in [9.17, 15) is 10.1 Å². The molecule has 0 saturated carbocycles. The van der Waals surface area contributed by atoms with Crippen LogP contribution < -0.4 is 4.90 Å². The molecule has 1 aliphatic rings. The molecule has 6 nitrogen and oxygen atoms in total. The Hall–Kier alpha value is -4.24. The predicted octanol–water partition coefficient (Wildman–Crippen LogP) is 4.71. The van der Waals surface area contributed by atoms with Crippen molar-refractivity contribution in [3.05, 3.63) is 101 Å². The van der Waals surface area contributed by atoms with Crippen LogP contribution in [0.1, 0.15) is 38.2 Å². The number of oxazole rings is 1. The summed E-state index contributed by atoms with van der Waals surface area (Å²) < 4.78 is 5.06. The summed E-state index contributed by atoms with van der Waals surface area (Å²) in [6, 6.07) is 17.9. The zero-order chi connectivity index (χ0) is 22.1. The topological polar surface area (TPSA) is 83.0 Å². The van der Waals surface area contributed by atoms with Gasteiger partial charge in [0.1, 0.15) is 18.0 Å². The van der Waals surface area contributed by atoms with Crippen LogP contribution in [0, 0.1) is 18.3 Å². The summed E-state index contributed by atoms with van der Waals surface area (Å²) in [5.41, 5.74) is 7.36. The second kappa shape index (κ2) is 8.12. The monoisotopic (exact) mass is 420 g/mol. The van der Waals surface area contributed by atoms with Gasteiger partial charge in [0.2, 0.25) is 0 Å². The second-order valence-corrected chi connectivity index (χ2v) is 7.88. The van der Waals surface area contributed by atoms with E-state index in [4.69, 9.17) is 4.42 Å². The molecule has 0 bridgehead atoms. The molecule has 1 aliphatic heterocycles. The molecule has 5 rings (SSSR count). The summed E-state index contributed by atoms with van der Waals surface area (Å²) in [5, 5.41) is 9.42. The first-order chi connectivity index (χ1) is 15.6. The number of hydrogen-bond acceptors (Lipinski definition) is 5. The summed E-state index contributed by atoms with van der Waals surface area (Å²) in [6.45, 7) is 2.60. The lowest BCUT2D eigenvalue weighted by molar-refractivity contribution is 0.0979. The standard InChI is InChI=1S/C26H20N4O2/c1-17-11-20-8-10-30(25-21(14-27)3-2-9-28-25)26(31)23(20)13-22(17)12-18-4-6-19(7-5-18)24-15-32-16-29-24/h2-7,9,11,13,15-16H,8,10,12H2,1H3. The molecular formula is C26H20N4O2. The highest BCUT2D eigenvalue weighted by molar-refractivity contribution is 6.08. The van der Waals surface area contributed by atoms with Crippen LogP contribution in [-0.2, 0) is 12.8 Å². The Bertz CT molecular complexity index is 1340. The molecular weight excluding hydrogens is 400 g/mol. The third kappa shape index (κ3) is 3.54. The molecule has 1 amide bonds. The van der Waals surface area contributed by atoms with E-state index in [-0.39, 0.29) is 5.91 Å². The van der Waals surface area contributed by atoms with Crippen molar-refractivity contribution < 1.29 is 9.21 Å². The Morgan fingerprint density at radius 3 is 2.75 bits per heavy atom. The molecule has 0 aliphatic carbocycles. The highest BCUT2D eigenvalue weighted by Crippen LogP contribution is 2.29. The number of aromatic nitrogens is 2. The number of aryl methyl sites for hydroxylation is 1. The largest absolute Gasteiger partial charge is 0.451 e. The van der Waals surface area contributed by atoms with E-state index in [1.807, 2.05) is 18.2 Å². The fourth-order valence-electron chi connectivity index (χ4n) is 4.16. The number of rotatable bonds is 4. The van der Waals surface area contributed by atoms with Crippen LogP contribution in [0.3, 0.4) is 0 Å². The van der Waals surface area contributed by atoms with E-state index in [1.165, 1.54) is 12.0 Å². The van der Waals surface area contributed by atoms with Gasteiger partial charge >= 0.3 is 0 Å². The molecule has 32 heavy (non-hydrogen) atoms. The lowest BCUT2D eigenvalue weighted by Crippen LogP contribution is -2.38. The molecule has 6 heteroatoms. The van der Waals surface area contributed by atoms with Crippen LogP contribution in [0.15, 0.2) is 71.8 Å². The molecule has 4 aromatic rings. The van der Waals surface area contributed by atoms with Gasteiger partial charge in [-0.1, -0.05) is 30.3 Å². The van der Waals surface area contributed by atoms with Crippen molar-refractivity contribution in [2.45, 2.75) is 19.8 Å². The normalized spacial score (nSPS) is 13.0. The average Bonchev–Trinajstić information content (AvgIpc) is 3.36. The maximum atomic E-state index is 13.3. The number of carbonyl (C=O) groups excluding carboxylic acids is 1. The summed E-state index contributed by atoms with van der Waals surface area (Å²) in [7, 11) is 0. The first-order valence-corrected chi connectivity index (χ1v) is 10.4. The molecule has 0 spiro atoms. The van der Waals surface area contributed by atoms with Gasteiger partial charge < -0.3 is 4.42 Å². The molecule has 0 unspecified atom stereocenters. The van der Waals surface area contributed by atoms with Crippen LogP contribution in [0.5, 0.6) is 0 Å². The molecule has 156 valence electrons. The minimum atomic E-state index is -0.107. The molecule has 0 saturated heterocycles. The van der Waals surface area contributed by atoms with Crippen molar-refractivity contribution in [3.8, 4) is 17.3 Å². The van der Waals surface area contributed by atoms with Crippen molar-refractivity contribution in [1.29, 1.82) is 5.26 Å². The second-order valence-electron chi connectivity index (χ2n) is 7.88. The molecule has 0 radical (unpaired) electrons. The molecule has 0 N–H and O–H groups in total. The van der Waals surface area contributed by atoms with Crippen molar-refractivity contribution >= 4 is 11.7 Å². The number of anilines is 1. The van der Waals surface area contributed by atoms with E-state index in [0.29, 0.717) is 23.5 Å². The van der Waals surface area contributed by atoms with Gasteiger partial charge in [0.15, 0.2) is 12.2 Å². The zero-order valence-electron chi connectivity index (χ0n) is 17.6. The van der Waals surface area contributed by atoms with E-state index in [2.05, 4.69) is 41.2 Å². The predicted molar refractivity (Wildman–Crippen MR) is 120 cm³/mol. The summed E-state index contributed by atoms with van der Waals surface area (Å²) in [6.07, 6.45) is 6.11. The quantitative estimate of drug-likeness (QED) is 0.477. The Morgan fingerprint density at radius 2 is 2.00 bits per heavy atom. The van der Waals surface area contributed by atoms with Gasteiger partial charge in [0, 0.05) is 23.9 Å². The number of nitrogens with zero attached hydrogens (tertiary/aromatic N) is 4. The zero-order valence-corrected chi connectivity index (χ0v) is 17.6. The average molecular weight is 420 g/mol. The number of fused-ring (bicyclic) bond motifs is 1. The Balaban J connectivity index is 1.44. The van der Waals surface area contributed by atoms with Gasteiger partial charge in [-0.25, -0.2) is 9.97 Å². The number of nitriles is 1. The van der Waals surface area contributed by atoms with E-state index < -0.39 is 0 Å². The Morgan fingerprint density at radius 1 is 1.16 bits per heavy atom. The first kappa shape index (κ1) is 19.7. The minimum Gasteiger partial charge on any atom is -0.451 e. The smallest absolute Gasteiger partial charge is 0.259 e. The number of hydrogen-bond donors (Lipinski definition) is 0. The number of carbonyl (C=O) groups is 1. The SMILES string of the molecule is Cc1cc2c(cc1Cc1ccc(-c3cocn3)cc1)C(=O)N(c1ncccc1C#N)CC2. The number of pyridine rings is 1. The van der Waals surface area contributed by atoms with E-state index in [0.717, 1.165) is 40.8 Å². The van der Waals surface area contributed by atoms with Crippen molar-refractivity contribution in [1.82, 2.24) is 9.97 Å². The summed E-state index contributed by atoms with van der Waals surface area (Å²) in [4.78, 5) is 23.4. The molecule has 0 fully saturated rings. The van der Waals surface area contributed by atoms with Gasteiger partial charge in [-0.15, -0.1) is 0 Å². The van der Waals surface area contributed by atoms with E-state index >= 15 is 0 Å². The molecule has 2 aromatic heterocycles. The Labute approximate surface area is 185 Å². The number of benzene rings is 2. The van der Waals surface area contributed by atoms with Crippen LogP contribution >= 0.6 is 0 Å². The Kier molecular flexibility index (Phi) is 5.00. The maximum Gasteiger partial charge on any atom is 0.259 e. The minimum absolute atomic E-state index is 0.107. The van der Waals surface area contributed by atoms with Crippen molar-refractivity contribution in [3.63, 3.8) is 0 Å². The van der Waals surface area contributed by atoms with Gasteiger partial charge in [0.05, 0.1) is 5.56 Å². The maximum absolute atomic E-state index is 13.3. The van der Waals surface area contributed by atoms with E-state index in [1.54, 1.807) is 29.5 Å². The lowest BCUT2D eigenvalue weighted by atomic mass is 9.90. The van der Waals surface area contributed by atoms with Gasteiger partial charge in [-0.3, -0.25) is 9.69 Å². The van der Waals surface area contributed by atoms with Gasteiger partial charge in [0.25, 0.3) is 5.91 Å². The third-order valence-electron chi connectivity index (χ3n) is 5.88. The van der Waals surface area contributed by atoms with Gasteiger partial charge in [-0.2, -0.15) is 5.26 Å². The highest BCUT2D eigenvalue weighted by atomic mass is 16.3. The lowest BCUT2D eigenvalue weighted by Gasteiger charge is -2.29. The summed E-state index contributed by atoms with van der Waals surface area (Å²) in [5.74, 6) is 0.320. The van der Waals surface area contributed by atoms with Crippen molar-refractivity contribution in [2.75, 3.05) is 11.4 Å². The van der Waals surface area contributed by atoms with Crippen molar-refractivity contribution in [2.24, 2.45) is 0 Å². The first-order valence-electron chi connectivity index (χ1n) is 10.4. The third-order valence-corrected chi connectivity index (χ3v) is 5.88. The highest BCUT2D eigenvalue weighted by Gasteiger charge is 2.28. The fraction of sp³-hybridized carbons (Fsp3) is 0.154. The number of amides is 1. The fourth-order valence-corrected chi connectivity index (χ4v) is 4.16. The molecule has 2 aromatic carbocycles. The molecule has 3 heterocycles. The van der Waals surface area contributed by atoms with Gasteiger partial charge in [-0.05, 0) is 60.2 Å². The van der Waals surface area contributed by atoms with Crippen LogP contribution in [0.25, 0.3) is 11.3 Å². The molecule has 0 atom stereocenters. The van der Waals surface area contributed by atoms with Crippen LogP contribution in [0.4, 0.5) is 5.82 Å². The summed E-state index contributed by atoms with van der Waals surface area (Å²) >= 11 is 0. The van der Waals surface area contributed by atoms with Crippen LogP contribution in [0.2, 0.25) is 0 Å².